The molecule has 0 saturated heterocycles. The Hall–Kier alpha value is -1.58. The summed E-state index contributed by atoms with van der Waals surface area (Å²) >= 11 is 0. The lowest BCUT2D eigenvalue weighted by atomic mass is 10.3. The zero-order valence-electron chi connectivity index (χ0n) is 7.90. The summed E-state index contributed by atoms with van der Waals surface area (Å²) in [6.45, 7) is 0. The Bertz CT molecular complexity index is 347. The second-order valence-electron chi connectivity index (χ2n) is 3.16. The summed E-state index contributed by atoms with van der Waals surface area (Å²) in [6, 6.07) is 1.69. The van der Waals surface area contributed by atoms with Crippen molar-refractivity contribution in [2.45, 2.75) is 18.9 Å². The third-order valence-electron chi connectivity index (χ3n) is 2.04. The van der Waals surface area contributed by atoms with E-state index < -0.39 is 0 Å². The lowest BCUT2D eigenvalue weighted by Crippen LogP contribution is -2.03. The lowest BCUT2D eigenvalue weighted by molar-refractivity contribution is 0.111. The summed E-state index contributed by atoms with van der Waals surface area (Å²) in [4.78, 5) is 14.6. The van der Waals surface area contributed by atoms with Crippen molar-refractivity contribution in [3.63, 3.8) is 0 Å². The van der Waals surface area contributed by atoms with Gasteiger partial charge in [0, 0.05) is 12.3 Å². The Labute approximate surface area is 81.9 Å². The minimum absolute atomic E-state index is 0.229. The molecular formula is C10H11NO3. The molecule has 1 heterocycles. The summed E-state index contributed by atoms with van der Waals surface area (Å²) in [5.74, 6) is 1.03. The highest BCUT2D eigenvalue weighted by molar-refractivity contribution is 5.78. The van der Waals surface area contributed by atoms with Gasteiger partial charge in [-0.3, -0.25) is 4.79 Å². The van der Waals surface area contributed by atoms with Gasteiger partial charge in [0.2, 0.25) is 0 Å². The number of ether oxygens (including phenoxy) is 2. The Balaban J connectivity index is 2.33. The highest BCUT2D eigenvalue weighted by Gasteiger charge is 2.26. The maximum Gasteiger partial charge on any atom is 0.190 e. The predicted molar refractivity (Wildman–Crippen MR) is 49.8 cm³/mol. The molecule has 0 N–H and O–H groups in total. The Kier molecular flexibility index (Phi) is 2.35. The van der Waals surface area contributed by atoms with Crippen LogP contribution in [0, 0.1) is 0 Å². The summed E-state index contributed by atoms with van der Waals surface area (Å²) in [6.07, 6.45) is 4.52. The number of hydrogen-bond donors (Lipinski definition) is 0. The van der Waals surface area contributed by atoms with Crippen LogP contribution in [0.4, 0.5) is 0 Å². The zero-order chi connectivity index (χ0) is 9.97. The topological polar surface area (TPSA) is 48.4 Å². The fourth-order valence-electron chi connectivity index (χ4n) is 1.16. The Morgan fingerprint density at radius 2 is 2.36 bits per heavy atom. The molecule has 4 nitrogen and oxygen atoms in total. The first-order chi connectivity index (χ1) is 6.85. The summed E-state index contributed by atoms with van der Waals surface area (Å²) in [5, 5.41) is 0. The number of nitrogens with zero attached hydrogens (tertiary/aromatic N) is 1. The van der Waals surface area contributed by atoms with Gasteiger partial charge < -0.3 is 9.47 Å². The van der Waals surface area contributed by atoms with Crippen molar-refractivity contribution in [1.29, 1.82) is 0 Å². The average molecular weight is 193 g/mol. The monoisotopic (exact) mass is 193 g/mol. The molecule has 0 aromatic carbocycles. The molecule has 74 valence electrons. The number of pyridine rings is 1. The quantitative estimate of drug-likeness (QED) is 0.679. The van der Waals surface area contributed by atoms with E-state index in [-0.39, 0.29) is 6.10 Å². The molecule has 0 bridgehead atoms. The van der Waals surface area contributed by atoms with Crippen LogP contribution in [-0.4, -0.2) is 24.5 Å². The van der Waals surface area contributed by atoms with Crippen LogP contribution in [0.15, 0.2) is 12.3 Å². The van der Waals surface area contributed by atoms with E-state index in [2.05, 4.69) is 4.98 Å². The van der Waals surface area contributed by atoms with Crippen LogP contribution in [0.25, 0.3) is 0 Å². The maximum absolute atomic E-state index is 10.7. The van der Waals surface area contributed by atoms with E-state index in [1.165, 1.54) is 6.20 Å². The first kappa shape index (κ1) is 8.99. The second-order valence-corrected chi connectivity index (χ2v) is 3.16. The van der Waals surface area contributed by atoms with E-state index in [1.807, 2.05) is 0 Å². The smallest absolute Gasteiger partial charge is 0.190 e. The van der Waals surface area contributed by atoms with Crippen molar-refractivity contribution in [3.8, 4) is 11.5 Å². The van der Waals surface area contributed by atoms with Gasteiger partial charge in [-0.2, -0.15) is 0 Å². The first-order valence-electron chi connectivity index (χ1n) is 4.50. The predicted octanol–water partition coefficient (Wildman–Crippen LogP) is 1.44. The van der Waals surface area contributed by atoms with E-state index >= 15 is 0 Å². The SMILES string of the molecule is COc1ccnc(C=O)c1OC1CC1. The molecule has 1 aromatic rings. The number of aldehydes is 1. The van der Waals surface area contributed by atoms with Crippen LogP contribution >= 0.6 is 0 Å². The largest absolute Gasteiger partial charge is 0.493 e. The van der Waals surface area contributed by atoms with Crippen molar-refractivity contribution in [1.82, 2.24) is 4.98 Å². The molecule has 1 aromatic heterocycles. The summed E-state index contributed by atoms with van der Waals surface area (Å²) < 4.78 is 10.6. The molecule has 4 heteroatoms. The second kappa shape index (κ2) is 3.65. The van der Waals surface area contributed by atoms with Gasteiger partial charge in [-0.15, -0.1) is 0 Å². The molecule has 0 atom stereocenters. The van der Waals surface area contributed by atoms with Crippen LogP contribution in [0.1, 0.15) is 23.3 Å². The molecule has 0 amide bonds. The van der Waals surface area contributed by atoms with Crippen LogP contribution in [0.5, 0.6) is 11.5 Å². The van der Waals surface area contributed by atoms with Gasteiger partial charge in [-0.05, 0) is 12.8 Å². The van der Waals surface area contributed by atoms with Crippen LogP contribution in [-0.2, 0) is 0 Å². The molecule has 0 aliphatic heterocycles. The molecule has 0 spiro atoms. The van der Waals surface area contributed by atoms with Crippen molar-refractivity contribution in [2.75, 3.05) is 7.11 Å². The van der Waals surface area contributed by atoms with E-state index in [0.717, 1.165) is 12.8 Å². The molecule has 1 aliphatic carbocycles. The number of hydrogen-bond acceptors (Lipinski definition) is 4. The standard InChI is InChI=1S/C10H11NO3/c1-13-9-4-5-11-8(6-12)10(9)14-7-2-3-7/h4-7H,2-3H2,1H3. The number of rotatable bonds is 4. The lowest BCUT2D eigenvalue weighted by Gasteiger charge is -2.10. The van der Waals surface area contributed by atoms with Gasteiger partial charge in [-0.1, -0.05) is 0 Å². The van der Waals surface area contributed by atoms with E-state index in [9.17, 15) is 4.79 Å². The summed E-state index contributed by atoms with van der Waals surface area (Å²) in [7, 11) is 1.55. The highest BCUT2D eigenvalue weighted by atomic mass is 16.5. The van der Waals surface area contributed by atoms with E-state index in [1.54, 1.807) is 13.2 Å². The minimum Gasteiger partial charge on any atom is -0.493 e. The molecule has 2 rings (SSSR count). The highest BCUT2D eigenvalue weighted by Crippen LogP contribution is 2.34. The number of carbonyl (C=O) groups excluding carboxylic acids is 1. The van der Waals surface area contributed by atoms with Crippen LogP contribution in [0.3, 0.4) is 0 Å². The van der Waals surface area contributed by atoms with Gasteiger partial charge in [0.25, 0.3) is 0 Å². The van der Waals surface area contributed by atoms with Crippen molar-refractivity contribution in [2.24, 2.45) is 0 Å². The Morgan fingerprint density at radius 1 is 1.57 bits per heavy atom. The molecule has 0 unspecified atom stereocenters. The Morgan fingerprint density at radius 3 is 2.93 bits per heavy atom. The van der Waals surface area contributed by atoms with Crippen molar-refractivity contribution in [3.05, 3.63) is 18.0 Å². The summed E-state index contributed by atoms with van der Waals surface area (Å²) in [5.41, 5.74) is 0.302. The third kappa shape index (κ3) is 1.69. The third-order valence-corrected chi connectivity index (χ3v) is 2.04. The maximum atomic E-state index is 10.7. The fourth-order valence-corrected chi connectivity index (χ4v) is 1.16. The molecule has 14 heavy (non-hydrogen) atoms. The minimum atomic E-state index is 0.229. The molecule has 1 aliphatic rings. The van der Waals surface area contributed by atoms with Gasteiger partial charge in [0.05, 0.1) is 13.2 Å². The van der Waals surface area contributed by atoms with E-state index in [0.29, 0.717) is 23.5 Å². The normalized spacial score (nSPS) is 14.9. The number of methoxy groups -OCH3 is 1. The van der Waals surface area contributed by atoms with Gasteiger partial charge in [0.15, 0.2) is 17.8 Å². The van der Waals surface area contributed by atoms with Crippen molar-refractivity contribution < 1.29 is 14.3 Å². The van der Waals surface area contributed by atoms with Gasteiger partial charge in [-0.25, -0.2) is 4.98 Å². The zero-order valence-corrected chi connectivity index (χ0v) is 7.90. The molecule has 1 saturated carbocycles. The molecule has 1 fully saturated rings. The fraction of sp³-hybridized carbons (Fsp3) is 0.400. The van der Waals surface area contributed by atoms with Gasteiger partial charge >= 0.3 is 0 Å². The van der Waals surface area contributed by atoms with Crippen LogP contribution < -0.4 is 9.47 Å². The average Bonchev–Trinajstić information content (AvgIpc) is 3.02. The first-order valence-corrected chi connectivity index (χ1v) is 4.50. The number of aromatic nitrogens is 1. The van der Waals surface area contributed by atoms with Crippen molar-refractivity contribution >= 4 is 6.29 Å². The van der Waals surface area contributed by atoms with Crippen LogP contribution in [0.2, 0.25) is 0 Å². The van der Waals surface area contributed by atoms with Gasteiger partial charge in [0.1, 0.15) is 5.69 Å². The molecule has 0 radical (unpaired) electrons. The van der Waals surface area contributed by atoms with E-state index in [4.69, 9.17) is 9.47 Å². The number of carbonyl (C=O) groups is 1. The molecular weight excluding hydrogens is 182 g/mol.